The quantitative estimate of drug-likeness (QED) is 0.0538. The van der Waals surface area contributed by atoms with Crippen molar-refractivity contribution in [3.8, 4) is 0 Å². The molecule has 1 aromatic carbocycles. The Hall–Kier alpha value is -4.35. The molecule has 1 fully saturated rings. The number of hydrogen-bond donors (Lipinski definition) is 3. The van der Waals surface area contributed by atoms with Crippen molar-refractivity contribution in [2.75, 3.05) is 77.4 Å². The second-order valence-electron chi connectivity index (χ2n) is 16.7. The van der Waals surface area contributed by atoms with Crippen molar-refractivity contribution in [3.05, 3.63) is 53.0 Å². The zero-order chi connectivity index (χ0) is 45.5. The first-order valence-corrected chi connectivity index (χ1v) is 23.6. The molecule has 4 rings (SSSR count). The average Bonchev–Trinajstić information content (AvgIpc) is 3.86. The van der Waals surface area contributed by atoms with Gasteiger partial charge in [0.2, 0.25) is 17.7 Å². The number of nitrogens with one attached hydrogen (secondary N) is 3. The molecule has 1 aliphatic carbocycles. The van der Waals surface area contributed by atoms with Crippen molar-refractivity contribution in [2.45, 2.75) is 117 Å². The highest BCUT2D eigenvalue weighted by atomic mass is 32.1. The molecule has 15 nitrogen and oxygen atoms in total. The van der Waals surface area contributed by atoms with Gasteiger partial charge in [0.1, 0.15) is 17.8 Å². The molecule has 3 aromatic rings. The van der Waals surface area contributed by atoms with Crippen molar-refractivity contribution in [3.63, 3.8) is 0 Å². The van der Waals surface area contributed by atoms with Gasteiger partial charge in [-0.05, 0) is 108 Å². The molecule has 16 heteroatoms. The third-order valence-corrected chi connectivity index (χ3v) is 11.5. The normalized spacial score (nSPS) is 15.3. The fourth-order valence-corrected chi connectivity index (χ4v) is 8.19. The molecule has 0 spiro atoms. The number of thiophene rings is 1. The lowest BCUT2D eigenvalue weighted by Crippen LogP contribution is -2.42. The van der Waals surface area contributed by atoms with Gasteiger partial charge in [0, 0.05) is 43.7 Å². The smallest absolute Gasteiger partial charge is 0.308 e. The molecular weight excluding hydrogens is 827 g/mol. The maximum absolute atomic E-state index is 13.7. The number of aryl methyl sites for hydroxylation is 1. The monoisotopic (exact) mass is 897 g/mol. The molecule has 2 heterocycles. The Morgan fingerprint density at radius 3 is 2.13 bits per heavy atom. The van der Waals surface area contributed by atoms with Crippen LogP contribution in [-0.4, -0.2) is 118 Å². The van der Waals surface area contributed by atoms with E-state index in [9.17, 15) is 24.0 Å². The van der Waals surface area contributed by atoms with Gasteiger partial charge in [-0.15, -0.1) is 11.3 Å². The number of hydrogen-bond acceptors (Lipinski definition) is 11. The van der Waals surface area contributed by atoms with Gasteiger partial charge < -0.3 is 49.1 Å². The van der Waals surface area contributed by atoms with E-state index in [1.165, 1.54) is 0 Å². The zero-order valence-electron chi connectivity index (χ0n) is 38.1. The topological polar surface area (TPSA) is 176 Å². The molecule has 63 heavy (non-hydrogen) atoms. The number of ether oxygens (including phenoxy) is 5. The number of esters is 1. The summed E-state index contributed by atoms with van der Waals surface area (Å²) in [6, 6.07) is 11.8. The van der Waals surface area contributed by atoms with Crippen molar-refractivity contribution >= 4 is 56.8 Å². The number of likely N-dealkylation sites (N-methyl/N-ethyl adjacent to an activating group) is 1. The minimum atomic E-state index is -0.494. The predicted octanol–water partition coefficient (Wildman–Crippen LogP) is 6.20. The van der Waals surface area contributed by atoms with E-state index in [1.807, 2.05) is 68.0 Å². The van der Waals surface area contributed by atoms with E-state index >= 15 is 0 Å². The van der Waals surface area contributed by atoms with Crippen LogP contribution in [0.5, 0.6) is 0 Å². The maximum Gasteiger partial charge on any atom is 0.308 e. The lowest BCUT2D eigenvalue weighted by Gasteiger charge is -2.28. The minimum Gasteiger partial charge on any atom is -0.460 e. The Morgan fingerprint density at radius 2 is 1.46 bits per heavy atom. The van der Waals surface area contributed by atoms with Gasteiger partial charge in [-0.2, -0.15) is 0 Å². The van der Waals surface area contributed by atoms with Crippen LogP contribution < -0.4 is 20.9 Å². The van der Waals surface area contributed by atoms with Crippen molar-refractivity contribution in [2.24, 2.45) is 5.92 Å². The molecule has 0 atom stereocenters. The van der Waals surface area contributed by atoms with E-state index in [1.54, 1.807) is 16.2 Å². The van der Waals surface area contributed by atoms with E-state index in [2.05, 4.69) is 28.9 Å². The van der Waals surface area contributed by atoms with Gasteiger partial charge in [-0.3, -0.25) is 24.0 Å². The maximum atomic E-state index is 13.7. The van der Waals surface area contributed by atoms with Crippen LogP contribution in [0.15, 0.2) is 41.8 Å². The van der Waals surface area contributed by atoms with Crippen LogP contribution in [0.4, 0.5) is 5.69 Å². The number of amides is 4. The number of rotatable bonds is 29. The second-order valence-corrected chi connectivity index (χ2v) is 17.7. The summed E-state index contributed by atoms with van der Waals surface area (Å²) in [6.07, 6.45) is 6.67. The molecule has 0 saturated heterocycles. The Kier molecular flexibility index (Phi) is 22.6. The molecule has 3 N–H and O–H groups in total. The van der Waals surface area contributed by atoms with E-state index in [0.29, 0.717) is 110 Å². The number of nitrogens with zero attached hydrogens (tertiary/aromatic N) is 2. The Labute approximate surface area is 377 Å². The van der Waals surface area contributed by atoms with Gasteiger partial charge >= 0.3 is 5.97 Å². The third kappa shape index (κ3) is 18.7. The average molecular weight is 898 g/mol. The first kappa shape index (κ1) is 51.3. The van der Waals surface area contributed by atoms with Crippen molar-refractivity contribution in [1.29, 1.82) is 0 Å². The predicted molar refractivity (Wildman–Crippen MR) is 245 cm³/mol. The van der Waals surface area contributed by atoms with Gasteiger partial charge in [0.25, 0.3) is 5.91 Å². The number of aromatic nitrogens is 1. The lowest BCUT2D eigenvalue weighted by molar-refractivity contribution is -0.156. The highest BCUT2D eigenvalue weighted by Gasteiger charge is 2.29. The van der Waals surface area contributed by atoms with E-state index in [0.717, 1.165) is 47.2 Å². The SMILES string of the molecule is CCc1cccc(N(CC)C(=O)Cn2c(C(=O)N[C@H]3CC[C@H](C(=O)NCCCCCC(=O)NCCOCCOCCOCCOCCC(=O)OC(C)(C)C)CC3)cc3sccc32)c1. The Bertz CT molecular complexity index is 1870. The first-order chi connectivity index (χ1) is 30.4. The largest absolute Gasteiger partial charge is 0.460 e. The standard InChI is InChI=1S/C47H71N5O10S/c1-6-35-12-11-13-38(32-35)51(7-2)43(54)34-52-39-20-31-63-41(39)33-40(52)46(57)50-37-17-15-36(16-18-37)45(56)49-21-10-8-9-14-42(53)48-22-24-59-26-28-61-30-29-60-27-25-58-23-19-44(55)62-47(3,4)5/h11-13,20,31-33,36-37H,6-10,14-19,21-30,34H2,1-5H3,(H,48,53)(H,49,56)(H,50,57)/t36-,37-. The number of anilines is 1. The summed E-state index contributed by atoms with van der Waals surface area (Å²) in [5.74, 6) is -0.628. The van der Waals surface area contributed by atoms with Gasteiger partial charge in [0.15, 0.2) is 0 Å². The number of benzene rings is 1. The Balaban J connectivity index is 0.988. The number of carbonyl (C=O) groups is 5. The molecule has 350 valence electrons. The molecule has 0 aliphatic heterocycles. The summed E-state index contributed by atoms with van der Waals surface area (Å²) < 4.78 is 29.8. The number of unbranched alkanes of at least 4 members (excludes halogenated alkanes) is 2. The number of carbonyl (C=O) groups excluding carboxylic acids is 5. The van der Waals surface area contributed by atoms with Crippen LogP contribution in [0.25, 0.3) is 10.2 Å². The fourth-order valence-electron chi connectivity index (χ4n) is 7.37. The highest BCUT2D eigenvalue weighted by molar-refractivity contribution is 7.17. The first-order valence-electron chi connectivity index (χ1n) is 22.7. The molecule has 0 radical (unpaired) electrons. The molecule has 4 amide bonds. The van der Waals surface area contributed by atoms with Crippen LogP contribution in [-0.2, 0) is 55.8 Å². The van der Waals surface area contributed by atoms with Gasteiger partial charge in [-0.1, -0.05) is 25.5 Å². The van der Waals surface area contributed by atoms with E-state index in [-0.39, 0.29) is 54.5 Å². The summed E-state index contributed by atoms with van der Waals surface area (Å²) in [5, 5.41) is 11.1. The molecule has 1 aliphatic rings. The Morgan fingerprint density at radius 1 is 0.778 bits per heavy atom. The highest BCUT2D eigenvalue weighted by Crippen LogP contribution is 2.28. The minimum absolute atomic E-state index is 0.0214. The summed E-state index contributed by atoms with van der Waals surface area (Å²) >= 11 is 1.55. The summed E-state index contributed by atoms with van der Waals surface area (Å²) in [4.78, 5) is 65.9. The second kappa shape index (κ2) is 27.8. The molecule has 2 aromatic heterocycles. The van der Waals surface area contributed by atoms with E-state index < -0.39 is 5.60 Å². The van der Waals surface area contributed by atoms with Crippen LogP contribution >= 0.6 is 11.3 Å². The molecule has 0 unspecified atom stereocenters. The van der Waals surface area contributed by atoms with Crippen LogP contribution in [0, 0.1) is 5.92 Å². The van der Waals surface area contributed by atoms with Crippen molar-refractivity contribution in [1.82, 2.24) is 20.5 Å². The summed E-state index contributed by atoms with van der Waals surface area (Å²) in [6.45, 7) is 14.3. The fraction of sp³-hybridized carbons (Fsp3) is 0.638. The van der Waals surface area contributed by atoms with E-state index in [4.69, 9.17) is 23.7 Å². The lowest BCUT2D eigenvalue weighted by atomic mass is 9.85. The molecule has 0 bridgehead atoms. The van der Waals surface area contributed by atoms with Gasteiger partial charge in [0.05, 0.1) is 69.5 Å². The molecule has 1 saturated carbocycles. The van der Waals surface area contributed by atoms with Crippen LogP contribution in [0.1, 0.15) is 108 Å². The van der Waals surface area contributed by atoms with Crippen LogP contribution in [0.2, 0.25) is 0 Å². The van der Waals surface area contributed by atoms with Gasteiger partial charge in [-0.25, -0.2) is 0 Å². The zero-order valence-corrected chi connectivity index (χ0v) is 39.0. The van der Waals surface area contributed by atoms with Crippen molar-refractivity contribution < 1.29 is 47.7 Å². The summed E-state index contributed by atoms with van der Waals surface area (Å²) in [7, 11) is 0. The number of fused-ring (bicyclic) bond motifs is 1. The summed E-state index contributed by atoms with van der Waals surface area (Å²) in [5.41, 5.74) is 2.87. The third-order valence-electron chi connectivity index (χ3n) is 10.7. The molecular formula is C47H71N5O10S. The van der Waals surface area contributed by atoms with Crippen LogP contribution in [0.3, 0.4) is 0 Å².